The summed E-state index contributed by atoms with van der Waals surface area (Å²) < 4.78 is 1.62. The van der Waals surface area contributed by atoms with Crippen molar-refractivity contribution in [2.45, 2.75) is 12.8 Å². The van der Waals surface area contributed by atoms with Crippen molar-refractivity contribution >= 4 is 11.9 Å². The molecule has 2 aromatic heterocycles. The van der Waals surface area contributed by atoms with E-state index in [-0.39, 0.29) is 0 Å². The van der Waals surface area contributed by atoms with Crippen LogP contribution in [0, 0.1) is 5.92 Å². The van der Waals surface area contributed by atoms with Crippen LogP contribution in [0.25, 0.3) is 5.65 Å². The van der Waals surface area contributed by atoms with Crippen molar-refractivity contribution in [3.05, 3.63) is 29.7 Å². The molecule has 0 aliphatic carbocycles. The van der Waals surface area contributed by atoms with Gasteiger partial charge in [0.2, 0.25) is 0 Å². The van der Waals surface area contributed by atoms with E-state index in [2.05, 4.69) is 15.4 Å². The summed E-state index contributed by atoms with van der Waals surface area (Å²) in [4.78, 5) is 15.3. The first-order chi connectivity index (χ1) is 8.36. The summed E-state index contributed by atoms with van der Waals surface area (Å²) in [5.41, 5.74) is 1.29. The number of carbonyl (C=O) groups is 1. The number of aromatic nitrogens is 3. The highest BCUT2D eigenvalue weighted by Crippen LogP contribution is 2.14. The van der Waals surface area contributed by atoms with Crippen molar-refractivity contribution < 1.29 is 4.79 Å². The Morgan fingerprint density at radius 3 is 3.24 bits per heavy atom. The lowest BCUT2D eigenvalue weighted by Crippen LogP contribution is -2.11. The summed E-state index contributed by atoms with van der Waals surface area (Å²) >= 11 is 0. The molecular weight excluding hydrogens is 216 g/mol. The lowest BCUT2D eigenvalue weighted by atomic mass is 10.1. The zero-order valence-corrected chi connectivity index (χ0v) is 9.47. The standard InChI is InChI=1S/C12H14N4O/c17-8-10-2-1-3-12-14-11(15-16(10)12)6-9-4-5-13-7-9/h1-3,8-9,13H,4-7H2. The van der Waals surface area contributed by atoms with Gasteiger partial charge in [-0.3, -0.25) is 4.79 Å². The fraction of sp³-hybridized carbons (Fsp3) is 0.417. The number of rotatable bonds is 3. The fourth-order valence-corrected chi connectivity index (χ4v) is 2.29. The topological polar surface area (TPSA) is 59.3 Å². The van der Waals surface area contributed by atoms with Gasteiger partial charge in [0, 0.05) is 6.42 Å². The molecule has 5 heteroatoms. The van der Waals surface area contributed by atoms with Crippen LogP contribution in [0.4, 0.5) is 0 Å². The van der Waals surface area contributed by atoms with Crippen molar-refractivity contribution in [1.82, 2.24) is 19.9 Å². The highest BCUT2D eigenvalue weighted by molar-refractivity contribution is 5.73. The third-order valence-electron chi connectivity index (χ3n) is 3.19. The average Bonchev–Trinajstić information content (AvgIpc) is 2.97. The molecule has 0 spiro atoms. The van der Waals surface area contributed by atoms with Gasteiger partial charge in [0.05, 0.1) is 0 Å². The van der Waals surface area contributed by atoms with Crippen LogP contribution in [0.15, 0.2) is 18.2 Å². The number of aldehydes is 1. The normalized spacial score (nSPS) is 19.9. The third kappa shape index (κ3) is 1.93. The van der Waals surface area contributed by atoms with Crippen LogP contribution in [0.3, 0.4) is 0 Å². The lowest BCUT2D eigenvalue weighted by Gasteiger charge is -2.02. The van der Waals surface area contributed by atoms with E-state index in [1.807, 2.05) is 12.1 Å². The van der Waals surface area contributed by atoms with E-state index >= 15 is 0 Å². The number of nitrogens with one attached hydrogen (secondary N) is 1. The Labute approximate surface area is 98.9 Å². The first-order valence-electron chi connectivity index (χ1n) is 5.87. The molecule has 3 rings (SSSR count). The van der Waals surface area contributed by atoms with Gasteiger partial charge in [-0.25, -0.2) is 9.50 Å². The fourth-order valence-electron chi connectivity index (χ4n) is 2.29. The Morgan fingerprint density at radius 1 is 1.53 bits per heavy atom. The predicted molar refractivity (Wildman–Crippen MR) is 63.1 cm³/mol. The molecule has 0 saturated carbocycles. The Balaban J connectivity index is 1.92. The second kappa shape index (κ2) is 4.25. The summed E-state index contributed by atoms with van der Waals surface area (Å²) in [5, 5.41) is 7.72. The quantitative estimate of drug-likeness (QED) is 0.788. The van der Waals surface area contributed by atoms with Gasteiger partial charge in [0.25, 0.3) is 0 Å². The molecule has 1 fully saturated rings. The lowest BCUT2D eigenvalue weighted by molar-refractivity contribution is 0.111. The van der Waals surface area contributed by atoms with Crippen LogP contribution >= 0.6 is 0 Å². The van der Waals surface area contributed by atoms with Crippen molar-refractivity contribution in [1.29, 1.82) is 0 Å². The van der Waals surface area contributed by atoms with Crippen LogP contribution in [-0.4, -0.2) is 34.0 Å². The summed E-state index contributed by atoms with van der Waals surface area (Å²) in [6, 6.07) is 5.45. The van der Waals surface area contributed by atoms with E-state index < -0.39 is 0 Å². The summed E-state index contributed by atoms with van der Waals surface area (Å²) in [6.45, 7) is 2.12. The Bertz CT molecular complexity index is 542. The van der Waals surface area contributed by atoms with E-state index in [0.29, 0.717) is 11.6 Å². The zero-order valence-electron chi connectivity index (χ0n) is 9.47. The molecule has 0 aromatic carbocycles. The molecule has 1 unspecified atom stereocenters. The molecule has 1 aliphatic rings. The minimum absolute atomic E-state index is 0.547. The second-order valence-corrected chi connectivity index (χ2v) is 4.43. The van der Waals surface area contributed by atoms with Crippen LogP contribution < -0.4 is 5.32 Å². The molecule has 0 amide bonds. The maximum Gasteiger partial charge on any atom is 0.168 e. The molecule has 2 aromatic rings. The number of fused-ring (bicyclic) bond motifs is 1. The molecule has 88 valence electrons. The van der Waals surface area contributed by atoms with Crippen LogP contribution in [0.2, 0.25) is 0 Å². The van der Waals surface area contributed by atoms with Gasteiger partial charge in [0.1, 0.15) is 5.69 Å². The minimum Gasteiger partial charge on any atom is -0.316 e. The number of nitrogens with zero attached hydrogens (tertiary/aromatic N) is 3. The number of pyridine rings is 1. The van der Waals surface area contributed by atoms with E-state index in [1.54, 1.807) is 10.6 Å². The van der Waals surface area contributed by atoms with Gasteiger partial charge in [-0.1, -0.05) is 6.07 Å². The molecule has 1 aliphatic heterocycles. The summed E-state index contributed by atoms with van der Waals surface area (Å²) in [5.74, 6) is 1.44. The number of hydrogen-bond acceptors (Lipinski definition) is 4. The Hall–Kier alpha value is -1.75. The van der Waals surface area contributed by atoms with Crippen molar-refractivity contribution in [2.75, 3.05) is 13.1 Å². The van der Waals surface area contributed by atoms with Crippen molar-refractivity contribution in [2.24, 2.45) is 5.92 Å². The summed E-state index contributed by atoms with van der Waals surface area (Å²) in [7, 11) is 0. The van der Waals surface area contributed by atoms with Crippen LogP contribution in [0.1, 0.15) is 22.7 Å². The molecule has 3 heterocycles. The predicted octanol–water partition coefficient (Wildman–Crippen LogP) is 0.694. The van der Waals surface area contributed by atoms with E-state index in [1.165, 1.54) is 6.42 Å². The molecule has 17 heavy (non-hydrogen) atoms. The largest absolute Gasteiger partial charge is 0.316 e. The third-order valence-corrected chi connectivity index (χ3v) is 3.19. The summed E-state index contributed by atoms with van der Waals surface area (Å²) in [6.07, 6.45) is 2.87. The molecule has 0 radical (unpaired) electrons. The van der Waals surface area contributed by atoms with Gasteiger partial charge in [-0.05, 0) is 37.6 Å². The molecule has 1 N–H and O–H groups in total. The highest BCUT2D eigenvalue weighted by Gasteiger charge is 2.17. The molecular formula is C12H14N4O. The highest BCUT2D eigenvalue weighted by atomic mass is 16.1. The van der Waals surface area contributed by atoms with Crippen molar-refractivity contribution in [3.8, 4) is 0 Å². The van der Waals surface area contributed by atoms with Gasteiger partial charge in [0.15, 0.2) is 17.8 Å². The number of carbonyl (C=O) groups excluding carboxylic acids is 1. The second-order valence-electron chi connectivity index (χ2n) is 4.43. The number of hydrogen-bond donors (Lipinski definition) is 1. The minimum atomic E-state index is 0.547. The SMILES string of the molecule is O=Cc1cccc2nc(CC3CCNC3)nn12. The van der Waals surface area contributed by atoms with E-state index in [4.69, 9.17) is 0 Å². The monoisotopic (exact) mass is 230 g/mol. The smallest absolute Gasteiger partial charge is 0.168 e. The maximum atomic E-state index is 10.9. The van der Waals surface area contributed by atoms with Crippen LogP contribution in [-0.2, 0) is 6.42 Å². The zero-order chi connectivity index (χ0) is 11.7. The molecule has 0 bridgehead atoms. The van der Waals surface area contributed by atoms with Gasteiger partial charge < -0.3 is 5.32 Å². The maximum absolute atomic E-state index is 10.9. The first-order valence-corrected chi connectivity index (χ1v) is 5.87. The first kappa shape index (κ1) is 10.4. The Kier molecular flexibility index (Phi) is 2.60. The molecule has 1 atom stereocenters. The van der Waals surface area contributed by atoms with Gasteiger partial charge >= 0.3 is 0 Å². The van der Waals surface area contributed by atoms with E-state index in [9.17, 15) is 4.79 Å². The Morgan fingerprint density at radius 2 is 2.47 bits per heavy atom. The van der Waals surface area contributed by atoms with Gasteiger partial charge in [-0.2, -0.15) is 5.10 Å². The van der Waals surface area contributed by atoms with Crippen molar-refractivity contribution in [3.63, 3.8) is 0 Å². The molecule has 5 nitrogen and oxygen atoms in total. The van der Waals surface area contributed by atoms with E-state index in [0.717, 1.165) is 37.3 Å². The van der Waals surface area contributed by atoms with Crippen LogP contribution in [0.5, 0.6) is 0 Å². The van der Waals surface area contributed by atoms with Gasteiger partial charge in [-0.15, -0.1) is 0 Å². The molecule has 1 saturated heterocycles. The average molecular weight is 230 g/mol.